The van der Waals surface area contributed by atoms with Crippen molar-refractivity contribution in [2.45, 2.75) is 40.7 Å². The maximum Gasteiger partial charge on any atom is 0.351 e. The molecule has 152 valence electrons. The number of carbonyl (C=O) groups excluding carboxylic acids is 2. The normalized spacial score (nSPS) is 13.9. The molecule has 0 saturated heterocycles. The number of rotatable bonds is 5. The van der Waals surface area contributed by atoms with Crippen molar-refractivity contribution >= 4 is 17.6 Å². The average molecular weight is 399 g/mol. The lowest BCUT2D eigenvalue weighted by atomic mass is 10.1. The van der Waals surface area contributed by atoms with E-state index < -0.39 is 6.03 Å². The highest BCUT2D eigenvalue weighted by Gasteiger charge is 2.33. The summed E-state index contributed by atoms with van der Waals surface area (Å²) in [7, 11) is 0. The van der Waals surface area contributed by atoms with E-state index in [1.807, 2.05) is 37.3 Å². The van der Waals surface area contributed by atoms with Crippen molar-refractivity contribution in [3.63, 3.8) is 0 Å². The largest absolute Gasteiger partial charge is 0.351 e. The van der Waals surface area contributed by atoms with Crippen molar-refractivity contribution in [3.8, 4) is 5.69 Å². The van der Waals surface area contributed by atoms with Crippen molar-refractivity contribution < 1.29 is 9.59 Å². The summed E-state index contributed by atoms with van der Waals surface area (Å²) in [6.45, 7) is 8.53. The molecule has 2 heterocycles. The van der Waals surface area contributed by atoms with E-state index in [1.165, 1.54) is 16.0 Å². The van der Waals surface area contributed by atoms with Crippen LogP contribution in [0.5, 0.6) is 0 Å². The Bertz CT molecular complexity index is 1170. The number of benzene rings is 2. The third-order valence-corrected chi connectivity index (χ3v) is 5.62. The van der Waals surface area contributed by atoms with Crippen LogP contribution in [0.2, 0.25) is 0 Å². The topological polar surface area (TPSA) is 54.7 Å². The van der Waals surface area contributed by atoms with Crippen LogP contribution in [0.15, 0.2) is 59.6 Å². The number of amides is 3. The van der Waals surface area contributed by atoms with E-state index in [2.05, 4.69) is 54.6 Å². The van der Waals surface area contributed by atoms with Crippen molar-refractivity contribution in [1.29, 1.82) is 0 Å². The van der Waals surface area contributed by atoms with Gasteiger partial charge in [0.25, 0.3) is 5.91 Å². The number of hydrogen-bond donors (Lipinski definition) is 0. The monoisotopic (exact) mass is 399 g/mol. The van der Waals surface area contributed by atoms with Crippen LogP contribution in [0.25, 0.3) is 5.69 Å². The molecule has 0 bridgehead atoms. The number of aryl methyl sites for hydroxylation is 3. The molecule has 0 saturated carbocycles. The van der Waals surface area contributed by atoms with Gasteiger partial charge in [-0.3, -0.25) is 9.69 Å². The Balaban J connectivity index is 1.59. The molecule has 30 heavy (non-hydrogen) atoms. The summed E-state index contributed by atoms with van der Waals surface area (Å²) in [5.74, 6) is -0.305. The number of urea groups is 1. The van der Waals surface area contributed by atoms with Gasteiger partial charge in [-0.2, -0.15) is 4.99 Å². The van der Waals surface area contributed by atoms with Crippen molar-refractivity contribution in [3.05, 3.63) is 88.2 Å². The van der Waals surface area contributed by atoms with Crippen LogP contribution in [0, 0.1) is 27.7 Å². The van der Waals surface area contributed by atoms with Gasteiger partial charge in [0.2, 0.25) is 0 Å². The van der Waals surface area contributed by atoms with Gasteiger partial charge in [-0.05, 0) is 56.5 Å². The molecule has 5 heteroatoms. The number of nitrogens with zero attached hydrogens (tertiary/aromatic N) is 3. The minimum atomic E-state index is -0.484. The van der Waals surface area contributed by atoms with E-state index >= 15 is 0 Å². The summed E-state index contributed by atoms with van der Waals surface area (Å²) in [6, 6.07) is 17.5. The number of carbonyl (C=O) groups is 2. The first-order valence-corrected chi connectivity index (χ1v) is 10.1. The zero-order chi connectivity index (χ0) is 21.4. The highest BCUT2D eigenvalue weighted by molar-refractivity contribution is 6.46. The zero-order valence-electron chi connectivity index (χ0n) is 17.8. The van der Waals surface area contributed by atoms with Gasteiger partial charge in [0.1, 0.15) is 5.71 Å². The fraction of sp³-hybridized carbons (Fsp3) is 0.240. The molecule has 4 rings (SSSR count). The van der Waals surface area contributed by atoms with E-state index in [0.29, 0.717) is 12.1 Å². The number of aliphatic imine (C=N–C) groups is 1. The smallest absolute Gasteiger partial charge is 0.318 e. The maximum atomic E-state index is 12.9. The van der Waals surface area contributed by atoms with Gasteiger partial charge in [0.05, 0.1) is 6.54 Å². The van der Waals surface area contributed by atoms with Crippen LogP contribution in [0.3, 0.4) is 0 Å². The third kappa shape index (κ3) is 3.59. The second-order valence-electron chi connectivity index (χ2n) is 7.92. The molecule has 5 nitrogen and oxygen atoms in total. The first-order valence-electron chi connectivity index (χ1n) is 10.1. The molecule has 2 aromatic carbocycles. The first-order chi connectivity index (χ1) is 14.3. The standard InChI is InChI=1S/C25H25N3O2/c1-16-10-11-23(17(2)12-16)28-18(3)13-21(19(28)4)14-22-24(29)27(25(30)26-22)15-20-8-6-5-7-9-20/h5-13H,14-15H2,1-4H3. The lowest BCUT2D eigenvalue weighted by Gasteiger charge is -2.14. The van der Waals surface area contributed by atoms with Gasteiger partial charge >= 0.3 is 6.03 Å². The van der Waals surface area contributed by atoms with E-state index in [9.17, 15) is 9.59 Å². The van der Waals surface area contributed by atoms with Crippen LogP contribution >= 0.6 is 0 Å². The summed E-state index contributed by atoms with van der Waals surface area (Å²) in [5.41, 5.74) is 7.92. The van der Waals surface area contributed by atoms with Crippen LogP contribution < -0.4 is 0 Å². The number of imide groups is 1. The van der Waals surface area contributed by atoms with Crippen molar-refractivity contribution in [2.24, 2.45) is 4.99 Å². The van der Waals surface area contributed by atoms with Gasteiger partial charge in [0, 0.05) is 23.5 Å². The molecular weight excluding hydrogens is 374 g/mol. The second-order valence-corrected chi connectivity index (χ2v) is 7.92. The summed E-state index contributed by atoms with van der Waals surface area (Å²) < 4.78 is 2.20. The van der Waals surface area contributed by atoms with Gasteiger partial charge in [-0.15, -0.1) is 0 Å². The molecule has 0 spiro atoms. The molecule has 3 aromatic rings. The molecule has 0 fully saturated rings. The minimum Gasteiger partial charge on any atom is -0.318 e. The Hall–Kier alpha value is -3.47. The molecule has 1 aromatic heterocycles. The lowest BCUT2D eigenvalue weighted by Crippen LogP contribution is -2.32. The predicted octanol–water partition coefficient (Wildman–Crippen LogP) is 4.86. The van der Waals surface area contributed by atoms with Gasteiger partial charge in [-0.1, -0.05) is 48.0 Å². The lowest BCUT2D eigenvalue weighted by molar-refractivity contribution is -0.121. The number of aromatic nitrogens is 1. The van der Waals surface area contributed by atoms with Gasteiger partial charge in [-0.25, -0.2) is 4.79 Å². The van der Waals surface area contributed by atoms with E-state index in [1.54, 1.807) is 0 Å². The second kappa shape index (κ2) is 7.75. The van der Waals surface area contributed by atoms with E-state index in [-0.39, 0.29) is 12.5 Å². The van der Waals surface area contributed by atoms with Gasteiger partial charge in [0.15, 0.2) is 0 Å². The van der Waals surface area contributed by atoms with Crippen molar-refractivity contribution in [1.82, 2.24) is 9.47 Å². The molecule has 0 radical (unpaired) electrons. The highest BCUT2D eigenvalue weighted by Crippen LogP contribution is 2.25. The molecule has 1 aliphatic heterocycles. The number of hydrogen-bond acceptors (Lipinski definition) is 2. The quantitative estimate of drug-likeness (QED) is 0.615. The van der Waals surface area contributed by atoms with E-state index in [0.717, 1.165) is 28.2 Å². The predicted molar refractivity (Wildman–Crippen MR) is 118 cm³/mol. The maximum absolute atomic E-state index is 12.9. The molecule has 0 N–H and O–H groups in total. The Labute approximate surface area is 176 Å². The molecular formula is C25H25N3O2. The van der Waals surface area contributed by atoms with Crippen molar-refractivity contribution in [2.75, 3.05) is 0 Å². The summed E-state index contributed by atoms with van der Waals surface area (Å²) in [5, 5.41) is 0. The fourth-order valence-corrected chi connectivity index (χ4v) is 4.10. The first kappa shape index (κ1) is 19.8. The fourth-order valence-electron chi connectivity index (χ4n) is 4.10. The summed E-state index contributed by atoms with van der Waals surface area (Å²) in [6.07, 6.45) is 0.348. The van der Waals surface area contributed by atoms with Crippen LogP contribution in [0.4, 0.5) is 4.79 Å². The molecule has 0 unspecified atom stereocenters. The molecule has 0 aliphatic carbocycles. The molecule has 1 aliphatic rings. The summed E-state index contributed by atoms with van der Waals surface area (Å²) in [4.78, 5) is 30.5. The Morgan fingerprint density at radius 2 is 1.63 bits per heavy atom. The van der Waals surface area contributed by atoms with Gasteiger partial charge < -0.3 is 4.57 Å². The van der Waals surface area contributed by atoms with E-state index in [4.69, 9.17) is 0 Å². The summed E-state index contributed by atoms with van der Waals surface area (Å²) >= 11 is 0. The average Bonchev–Trinajstić information content (AvgIpc) is 3.13. The minimum absolute atomic E-state index is 0.243. The Morgan fingerprint density at radius 1 is 0.900 bits per heavy atom. The van der Waals surface area contributed by atoms with Crippen LogP contribution in [0.1, 0.15) is 33.6 Å². The highest BCUT2D eigenvalue weighted by atomic mass is 16.2. The Morgan fingerprint density at radius 3 is 2.33 bits per heavy atom. The van der Waals surface area contributed by atoms with Crippen LogP contribution in [-0.4, -0.2) is 27.1 Å². The third-order valence-electron chi connectivity index (χ3n) is 5.62. The molecule has 0 atom stereocenters. The molecule has 3 amide bonds. The van der Waals surface area contributed by atoms with Crippen LogP contribution in [-0.2, 0) is 17.8 Å². The SMILES string of the molecule is Cc1ccc(-n2c(C)cc(CC3=NC(=O)N(Cc4ccccc4)C3=O)c2C)c(C)c1. The Kier molecular flexibility index (Phi) is 5.12. The zero-order valence-corrected chi connectivity index (χ0v) is 17.8.